The summed E-state index contributed by atoms with van der Waals surface area (Å²) in [6.45, 7) is 1.98. The van der Waals surface area contributed by atoms with Gasteiger partial charge in [-0.25, -0.2) is 0 Å². The maximum absolute atomic E-state index is 13.0. The molecule has 0 fully saturated rings. The highest BCUT2D eigenvalue weighted by Gasteiger charge is 2.33. The Morgan fingerprint density at radius 2 is 2.12 bits per heavy atom. The van der Waals surface area contributed by atoms with E-state index in [2.05, 4.69) is 10.2 Å². The van der Waals surface area contributed by atoms with Gasteiger partial charge in [0, 0.05) is 29.2 Å². The van der Waals surface area contributed by atoms with Crippen molar-refractivity contribution < 1.29 is 9.72 Å². The number of nitro groups is 1. The zero-order valence-corrected chi connectivity index (χ0v) is 12.9. The van der Waals surface area contributed by atoms with Crippen LogP contribution in [0.25, 0.3) is 10.9 Å². The first-order valence-corrected chi connectivity index (χ1v) is 7.60. The Labute approximate surface area is 137 Å². The Morgan fingerprint density at radius 3 is 2.92 bits per heavy atom. The zero-order valence-electron chi connectivity index (χ0n) is 12.9. The SMILES string of the molecule is CC1Cc2ccccc2N1C(=O)c1n[nH]c2ccc([N+](=O)[O-])cc12. The second kappa shape index (κ2) is 5.16. The second-order valence-corrected chi connectivity index (χ2v) is 5.92. The summed E-state index contributed by atoms with van der Waals surface area (Å²) < 4.78 is 0. The van der Waals surface area contributed by atoms with Crippen LogP contribution >= 0.6 is 0 Å². The van der Waals surface area contributed by atoms with E-state index in [1.807, 2.05) is 31.2 Å². The molecular weight excluding hydrogens is 308 g/mol. The number of nitrogens with one attached hydrogen (secondary N) is 1. The molecular formula is C17H14N4O3. The second-order valence-electron chi connectivity index (χ2n) is 5.92. The molecule has 24 heavy (non-hydrogen) atoms. The number of rotatable bonds is 2. The van der Waals surface area contributed by atoms with Gasteiger partial charge in [0.2, 0.25) is 0 Å². The number of hydrogen-bond acceptors (Lipinski definition) is 4. The number of aromatic nitrogens is 2. The number of nitrogens with zero attached hydrogens (tertiary/aromatic N) is 3. The van der Waals surface area contributed by atoms with E-state index in [0.717, 1.165) is 17.7 Å². The average Bonchev–Trinajstić information content (AvgIpc) is 3.13. The van der Waals surface area contributed by atoms with Crippen LogP contribution in [0, 0.1) is 10.1 Å². The maximum Gasteiger partial charge on any atom is 0.279 e. The summed E-state index contributed by atoms with van der Waals surface area (Å²) in [5, 5.41) is 18.3. The van der Waals surface area contributed by atoms with Crippen molar-refractivity contribution in [1.29, 1.82) is 0 Å². The van der Waals surface area contributed by atoms with Gasteiger partial charge in [-0.3, -0.25) is 20.0 Å². The molecule has 120 valence electrons. The summed E-state index contributed by atoms with van der Waals surface area (Å²) in [5.41, 5.74) is 2.73. The van der Waals surface area contributed by atoms with Gasteiger partial charge in [-0.2, -0.15) is 5.10 Å². The smallest absolute Gasteiger partial charge is 0.279 e. The van der Waals surface area contributed by atoms with E-state index >= 15 is 0 Å². The Kier molecular flexibility index (Phi) is 3.09. The first-order valence-electron chi connectivity index (χ1n) is 7.60. The number of non-ortho nitro benzene ring substituents is 1. The Bertz CT molecular complexity index is 979. The summed E-state index contributed by atoms with van der Waals surface area (Å²) in [4.78, 5) is 25.3. The lowest BCUT2D eigenvalue weighted by Gasteiger charge is -2.21. The molecule has 0 spiro atoms. The number of nitro benzene ring substituents is 1. The van der Waals surface area contributed by atoms with Crippen LogP contribution in [0.3, 0.4) is 0 Å². The monoisotopic (exact) mass is 322 g/mol. The van der Waals surface area contributed by atoms with Crippen LogP contribution in [0.1, 0.15) is 23.0 Å². The first kappa shape index (κ1) is 14.4. The molecule has 1 atom stereocenters. The van der Waals surface area contributed by atoms with Crippen LogP contribution in [0.4, 0.5) is 11.4 Å². The van der Waals surface area contributed by atoms with E-state index in [-0.39, 0.29) is 23.3 Å². The molecule has 3 aromatic rings. The fourth-order valence-corrected chi connectivity index (χ4v) is 3.27. The first-order chi connectivity index (χ1) is 11.6. The van der Waals surface area contributed by atoms with Crippen LogP contribution in [0.5, 0.6) is 0 Å². The third-order valence-electron chi connectivity index (χ3n) is 4.39. The summed E-state index contributed by atoms with van der Waals surface area (Å²) in [6.07, 6.45) is 0.782. The molecule has 1 amide bonds. The number of H-pyrrole nitrogens is 1. The van der Waals surface area contributed by atoms with Crippen LogP contribution in [0.15, 0.2) is 42.5 Å². The highest BCUT2D eigenvalue weighted by molar-refractivity contribution is 6.13. The molecule has 4 rings (SSSR count). The van der Waals surface area contributed by atoms with E-state index < -0.39 is 4.92 Å². The molecule has 1 unspecified atom stereocenters. The minimum atomic E-state index is -0.478. The van der Waals surface area contributed by atoms with E-state index in [1.165, 1.54) is 12.1 Å². The quantitative estimate of drug-likeness (QED) is 0.579. The van der Waals surface area contributed by atoms with Crippen molar-refractivity contribution >= 4 is 28.2 Å². The van der Waals surface area contributed by atoms with E-state index in [0.29, 0.717) is 10.9 Å². The number of amides is 1. The predicted octanol–water partition coefficient (Wildman–Crippen LogP) is 3.06. The van der Waals surface area contributed by atoms with E-state index in [9.17, 15) is 14.9 Å². The largest absolute Gasteiger partial charge is 0.304 e. The maximum atomic E-state index is 13.0. The lowest BCUT2D eigenvalue weighted by atomic mass is 10.1. The van der Waals surface area contributed by atoms with Gasteiger partial charge < -0.3 is 4.90 Å². The van der Waals surface area contributed by atoms with Crippen molar-refractivity contribution in [2.24, 2.45) is 0 Å². The lowest BCUT2D eigenvalue weighted by Crippen LogP contribution is -2.36. The fraction of sp³-hybridized carbons (Fsp3) is 0.176. The molecule has 0 aliphatic carbocycles. The molecule has 2 aromatic carbocycles. The number of anilines is 1. The van der Waals surface area contributed by atoms with Crippen molar-refractivity contribution in [1.82, 2.24) is 10.2 Å². The molecule has 0 bridgehead atoms. The molecule has 1 aliphatic rings. The summed E-state index contributed by atoms with van der Waals surface area (Å²) in [6, 6.07) is 12.1. The molecule has 1 aliphatic heterocycles. The molecule has 0 saturated heterocycles. The molecule has 2 heterocycles. The van der Waals surface area contributed by atoms with Gasteiger partial charge in [-0.1, -0.05) is 18.2 Å². The minimum absolute atomic E-state index is 0.0142. The number of hydrogen-bond donors (Lipinski definition) is 1. The summed E-state index contributed by atoms with van der Waals surface area (Å²) >= 11 is 0. The normalized spacial score (nSPS) is 16.4. The standard InChI is InChI=1S/C17H14N4O3/c1-10-8-11-4-2-3-5-15(11)20(10)17(22)16-13-9-12(21(23)24)6-7-14(13)18-19-16/h2-7,9-10H,8H2,1H3,(H,18,19). The average molecular weight is 322 g/mol. The van der Waals surface area contributed by atoms with Crippen molar-refractivity contribution in [2.75, 3.05) is 4.90 Å². The van der Waals surface area contributed by atoms with Crippen molar-refractivity contribution in [2.45, 2.75) is 19.4 Å². The van der Waals surface area contributed by atoms with Crippen molar-refractivity contribution in [3.05, 3.63) is 63.8 Å². The van der Waals surface area contributed by atoms with Crippen molar-refractivity contribution in [3.63, 3.8) is 0 Å². The van der Waals surface area contributed by atoms with Gasteiger partial charge in [0.1, 0.15) is 0 Å². The van der Waals surface area contributed by atoms with Gasteiger partial charge in [0.25, 0.3) is 11.6 Å². The molecule has 1 N–H and O–H groups in total. The fourth-order valence-electron chi connectivity index (χ4n) is 3.27. The number of aromatic amines is 1. The van der Waals surface area contributed by atoms with Crippen LogP contribution < -0.4 is 4.90 Å². The van der Waals surface area contributed by atoms with Crippen LogP contribution in [-0.2, 0) is 6.42 Å². The van der Waals surface area contributed by atoms with Crippen molar-refractivity contribution in [3.8, 4) is 0 Å². The van der Waals surface area contributed by atoms with Gasteiger partial charge in [0.15, 0.2) is 5.69 Å². The number of para-hydroxylation sites is 1. The minimum Gasteiger partial charge on any atom is -0.304 e. The molecule has 0 saturated carbocycles. The summed E-state index contributed by atoms with van der Waals surface area (Å²) in [5.74, 6) is -0.251. The highest BCUT2D eigenvalue weighted by Crippen LogP contribution is 2.34. The van der Waals surface area contributed by atoms with Gasteiger partial charge >= 0.3 is 0 Å². The molecule has 0 radical (unpaired) electrons. The zero-order chi connectivity index (χ0) is 16.8. The summed E-state index contributed by atoms with van der Waals surface area (Å²) in [7, 11) is 0. The number of benzene rings is 2. The Morgan fingerprint density at radius 1 is 1.33 bits per heavy atom. The number of carbonyl (C=O) groups is 1. The van der Waals surface area contributed by atoms with Gasteiger partial charge in [-0.05, 0) is 31.0 Å². The van der Waals surface area contributed by atoms with Crippen LogP contribution in [0.2, 0.25) is 0 Å². The highest BCUT2D eigenvalue weighted by atomic mass is 16.6. The lowest BCUT2D eigenvalue weighted by molar-refractivity contribution is -0.384. The third-order valence-corrected chi connectivity index (χ3v) is 4.39. The van der Waals surface area contributed by atoms with Gasteiger partial charge in [0.05, 0.1) is 10.4 Å². The van der Waals surface area contributed by atoms with Gasteiger partial charge in [-0.15, -0.1) is 0 Å². The third kappa shape index (κ3) is 2.05. The van der Waals surface area contributed by atoms with E-state index in [4.69, 9.17) is 0 Å². The van der Waals surface area contributed by atoms with Crippen LogP contribution in [-0.4, -0.2) is 27.1 Å². The number of carbonyl (C=O) groups excluding carboxylic acids is 1. The molecule has 1 aromatic heterocycles. The topological polar surface area (TPSA) is 92.1 Å². The Balaban J connectivity index is 1.82. The Hall–Kier alpha value is -3.22. The van der Waals surface area contributed by atoms with E-state index in [1.54, 1.807) is 11.0 Å². The number of fused-ring (bicyclic) bond motifs is 2. The predicted molar refractivity (Wildman–Crippen MR) is 89.2 cm³/mol. The molecule has 7 nitrogen and oxygen atoms in total. The molecule has 7 heteroatoms.